The lowest BCUT2D eigenvalue weighted by molar-refractivity contribution is 0.369. The van der Waals surface area contributed by atoms with Crippen molar-refractivity contribution in [1.82, 2.24) is 10.6 Å². The second kappa shape index (κ2) is 4.34. The predicted octanol–water partition coefficient (Wildman–Crippen LogP) is 0.719. The average Bonchev–Trinajstić information content (AvgIpc) is 2.03. The van der Waals surface area contributed by atoms with Gasteiger partial charge in [0.2, 0.25) is 0 Å². The van der Waals surface area contributed by atoms with Crippen molar-refractivity contribution in [3.8, 4) is 0 Å². The molecular weight excluding hydrogens is 124 g/mol. The first-order valence-corrected chi connectivity index (χ1v) is 3.98. The van der Waals surface area contributed by atoms with Gasteiger partial charge in [0.1, 0.15) is 0 Å². The molecule has 0 radical (unpaired) electrons. The average molecular weight is 140 g/mol. The summed E-state index contributed by atoms with van der Waals surface area (Å²) in [4.78, 5) is 0. The lowest BCUT2D eigenvalue weighted by Crippen LogP contribution is -2.32. The second-order valence-electron chi connectivity index (χ2n) is 2.81. The molecule has 0 aromatic carbocycles. The second-order valence-corrected chi connectivity index (χ2v) is 2.81. The molecule has 2 N–H and O–H groups in total. The summed E-state index contributed by atoms with van der Waals surface area (Å²) >= 11 is 0. The number of hydrogen-bond acceptors (Lipinski definition) is 2. The molecule has 10 heavy (non-hydrogen) atoms. The Kier molecular flexibility index (Phi) is 3.30. The first-order valence-electron chi connectivity index (χ1n) is 3.98. The Morgan fingerprint density at radius 3 is 2.80 bits per heavy atom. The van der Waals surface area contributed by atoms with E-state index in [-0.39, 0.29) is 0 Å². The zero-order valence-electron chi connectivity index (χ0n) is 6.40. The molecule has 0 unspecified atom stereocenters. The van der Waals surface area contributed by atoms with Crippen molar-refractivity contribution in [3.63, 3.8) is 0 Å². The molecule has 0 aliphatic carbocycles. The summed E-state index contributed by atoms with van der Waals surface area (Å²) in [6.07, 6.45) is 4.39. The van der Waals surface area contributed by atoms with Crippen LogP contribution in [0.4, 0.5) is 0 Å². The maximum absolute atomic E-state index is 3.62. The third-order valence-electron chi connectivity index (χ3n) is 2.01. The van der Waals surface area contributed by atoms with E-state index in [0.29, 0.717) is 0 Å². The molecule has 2 heteroatoms. The maximum atomic E-state index is 3.62. The van der Waals surface area contributed by atoms with Gasteiger partial charge in [-0.2, -0.15) is 0 Å². The van der Waals surface area contributed by atoms with Crippen LogP contribution in [0.1, 0.15) is 12.8 Å². The molecular formula is C8H16N2. The molecule has 0 saturated carbocycles. The van der Waals surface area contributed by atoms with Crippen molar-refractivity contribution < 1.29 is 0 Å². The van der Waals surface area contributed by atoms with Crippen LogP contribution in [0.5, 0.6) is 0 Å². The molecule has 0 aromatic rings. The van der Waals surface area contributed by atoms with Crippen LogP contribution in [0.15, 0.2) is 12.8 Å². The van der Waals surface area contributed by atoms with E-state index in [1.807, 2.05) is 0 Å². The van der Waals surface area contributed by atoms with Crippen molar-refractivity contribution in [3.05, 3.63) is 12.8 Å². The monoisotopic (exact) mass is 140 g/mol. The van der Waals surface area contributed by atoms with E-state index < -0.39 is 0 Å². The molecule has 1 aliphatic heterocycles. The summed E-state index contributed by atoms with van der Waals surface area (Å²) in [5.74, 6) is 0.860. The fraction of sp³-hybridized carbons (Fsp3) is 0.750. The molecule has 0 aromatic heterocycles. The van der Waals surface area contributed by atoms with Gasteiger partial charge >= 0.3 is 0 Å². The quantitative estimate of drug-likeness (QED) is 0.603. The molecule has 1 saturated heterocycles. The Morgan fingerprint density at radius 1 is 1.50 bits per heavy atom. The SMILES string of the molecule is C=CNCC1CCNCC1. The van der Waals surface area contributed by atoms with Gasteiger partial charge < -0.3 is 10.6 Å². The molecule has 0 bridgehead atoms. The van der Waals surface area contributed by atoms with Gasteiger partial charge in [-0.15, -0.1) is 0 Å². The summed E-state index contributed by atoms with van der Waals surface area (Å²) in [7, 11) is 0. The summed E-state index contributed by atoms with van der Waals surface area (Å²) in [5.41, 5.74) is 0. The molecule has 1 heterocycles. The first-order chi connectivity index (χ1) is 4.93. The number of piperidine rings is 1. The van der Waals surface area contributed by atoms with Crippen LogP contribution in [0, 0.1) is 5.92 Å². The highest BCUT2D eigenvalue weighted by atomic mass is 14.9. The minimum absolute atomic E-state index is 0.860. The normalized spacial score (nSPS) is 20.4. The Labute approximate surface area is 62.7 Å². The van der Waals surface area contributed by atoms with Gasteiger partial charge in [-0.25, -0.2) is 0 Å². The fourth-order valence-electron chi connectivity index (χ4n) is 1.34. The van der Waals surface area contributed by atoms with Crippen LogP contribution >= 0.6 is 0 Å². The summed E-state index contributed by atoms with van der Waals surface area (Å²) in [5, 5.41) is 6.49. The third-order valence-corrected chi connectivity index (χ3v) is 2.01. The van der Waals surface area contributed by atoms with Crippen molar-refractivity contribution >= 4 is 0 Å². The first kappa shape index (κ1) is 7.61. The van der Waals surface area contributed by atoms with Crippen molar-refractivity contribution in [2.45, 2.75) is 12.8 Å². The topological polar surface area (TPSA) is 24.1 Å². The largest absolute Gasteiger partial charge is 0.391 e. The van der Waals surface area contributed by atoms with Crippen LogP contribution in [-0.4, -0.2) is 19.6 Å². The highest BCUT2D eigenvalue weighted by molar-refractivity contribution is 4.73. The van der Waals surface area contributed by atoms with Gasteiger partial charge in [-0.05, 0) is 38.0 Å². The zero-order valence-corrected chi connectivity index (χ0v) is 6.40. The summed E-state index contributed by atoms with van der Waals surface area (Å²) < 4.78 is 0. The molecule has 1 aliphatic rings. The summed E-state index contributed by atoms with van der Waals surface area (Å²) in [6, 6.07) is 0. The maximum Gasteiger partial charge on any atom is 0.0170 e. The molecule has 1 fully saturated rings. The summed E-state index contributed by atoms with van der Waals surface area (Å²) in [6.45, 7) is 7.09. The molecule has 2 nitrogen and oxygen atoms in total. The standard InChI is InChI=1S/C8H16N2/c1-2-9-7-8-3-5-10-6-4-8/h2,8-10H,1,3-7H2. The van der Waals surface area contributed by atoms with E-state index >= 15 is 0 Å². The minimum atomic E-state index is 0.860. The van der Waals surface area contributed by atoms with Gasteiger partial charge in [0.05, 0.1) is 0 Å². The van der Waals surface area contributed by atoms with Crippen LogP contribution in [0.25, 0.3) is 0 Å². The van der Waals surface area contributed by atoms with Crippen LogP contribution < -0.4 is 10.6 Å². The van der Waals surface area contributed by atoms with Crippen molar-refractivity contribution in [2.24, 2.45) is 5.92 Å². The van der Waals surface area contributed by atoms with Crippen LogP contribution in [0.3, 0.4) is 0 Å². The number of hydrogen-bond donors (Lipinski definition) is 2. The van der Waals surface area contributed by atoms with E-state index in [1.165, 1.54) is 25.9 Å². The van der Waals surface area contributed by atoms with E-state index in [0.717, 1.165) is 12.5 Å². The van der Waals surface area contributed by atoms with Gasteiger partial charge in [0.15, 0.2) is 0 Å². The lowest BCUT2D eigenvalue weighted by atomic mass is 9.98. The Morgan fingerprint density at radius 2 is 2.20 bits per heavy atom. The highest BCUT2D eigenvalue weighted by Gasteiger charge is 2.10. The highest BCUT2D eigenvalue weighted by Crippen LogP contribution is 2.09. The van der Waals surface area contributed by atoms with Crippen LogP contribution in [0.2, 0.25) is 0 Å². The molecule has 58 valence electrons. The Balaban J connectivity index is 2.07. The molecule has 0 spiro atoms. The molecule has 0 amide bonds. The number of rotatable bonds is 3. The Bertz CT molecular complexity index is 95.4. The minimum Gasteiger partial charge on any atom is -0.391 e. The van der Waals surface area contributed by atoms with Gasteiger partial charge in [0, 0.05) is 6.54 Å². The van der Waals surface area contributed by atoms with Gasteiger partial charge in [-0.1, -0.05) is 6.58 Å². The smallest absolute Gasteiger partial charge is 0.0170 e. The van der Waals surface area contributed by atoms with Crippen molar-refractivity contribution in [2.75, 3.05) is 19.6 Å². The third kappa shape index (κ3) is 2.40. The van der Waals surface area contributed by atoms with E-state index in [4.69, 9.17) is 0 Å². The Hall–Kier alpha value is -0.500. The zero-order chi connectivity index (χ0) is 7.23. The molecule has 0 atom stereocenters. The van der Waals surface area contributed by atoms with E-state index in [9.17, 15) is 0 Å². The predicted molar refractivity (Wildman–Crippen MR) is 43.8 cm³/mol. The van der Waals surface area contributed by atoms with E-state index in [1.54, 1.807) is 6.20 Å². The molecule has 1 rings (SSSR count). The van der Waals surface area contributed by atoms with Gasteiger partial charge in [0.25, 0.3) is 0 Å². The number of nitrogens with one attached hydrogen (secondary N) is 2. The van der Waals surface area contributed by atoms with Crippen molar-refractivity contribution in [1.29, 1.82) is 0 Å². The lowest BCUT2D eigenvalue weighted by Gasteiger charge is -2.22. The van der Waals surface area contributed by atoms with Gasteiger partial charge in [-0.3, -0.25) is 0 Å². The fourth-order valence-corrected chi connectivity index (χ4v) is 1.34. The van der Waals surface area contributed by atoms with Crippen LogP contribution in [-0.2, 0) is 0 Å². The van der Waals surface area contributed by atoms with E-state index in [2.05, 4.69) is 17.2 Å².